The maximum Gasteiger partial charge on any atom is 0.344 e. The van der Waals surface area contributed by atoms with Gasteiger partial charge in [-0.25, -0.2) is 4.79 Å². The lowest BCUT2D eigenvalue weighted by molar-refractivity contribution is -0.145. The van der Waals surface area contributed by atoms with Gasteiger partial charge in [0.2, 0.25) is 0 Å². The van der Waals surface area contributed by atoms with Crippen molar-refractivity contribution < 1.29 is 19.0 Å². The molecule has 0 saturated heterocycles. The van der Waals surface area contributed by atoms with E-state index in [4.69, 9.17) is 14.2 Å². The van der Waals surface area contributed by atoms with Gasteiger partial charge in [-0.15, -0.1) is 0 Å². The average molecular weight is 281 g/mol. The van der Waals surface area contributed by atoms with Crippen molar-refractivity contribution >= 4 is 5.97 Å². The Labute approximate surface area is 120 Å². The van der Waals surface area contributed by atoms with Gasteiger partial charge in [-0.2, -0.15) is 0 Å². The Hall–Kier alpha value is -1.75. The third-order valence-electron chi connectivity index (χ3n) is 2.85. The highest BCUT2D eigenvalue weighted by atomic mass is 16.6. The van der Waals surface area contributed by atoms with Crippen molar-refractivity contribution in [1.29, 1.82) is 0 Å². The first-order valence-electron chi connectivity index (χ1n) is 6.82. The second-order valence-corrected chi connectivity index (χ2v) is 4.28. The van der Waals surface area contributed by atoms with Gasteiger partial charge >= 0.3 is 5.97 Å². The standard InChI is InChI=1S/C15H23NO4/c1-5-16-11(3)12-7-8-13(14(9-12)18-4)20-10-15(17)19-6-2/h7-9,11,16H,5-6,10H2,1-4H3. The Bertz CT molecular complexity index is 434. The molecule has 0 aliphatic rings. The van der Waals surface area contributed by atoms with Crippen molar-refractivity contribution in [2.75, 3.05) is 26.9 Å². The molecular weight excluding hydrogens is 258 g/mol. The molecule has 112 valence electrons. The number of nitrogens with one attached hydrogen (secondary N) is 1. The van der Waals surface area contributed by atoms with Crippen LogP contribution in [0.5, 0.6) is 11.5 Å². The third kappa shape index (κ3) is 4.74. The summed E-state index contributed by atoms with van der Waals surface area (Å²) >= 11 is 0. The molecule has 0 heterocycles. The maximum absolute atomic E-state index is 11.3. The highest BCUT2D eigenvalue weighted by Crippen LogP contribution is 2.30. The second kappa shape index (κ2) is 8.43. The molecule has 1 rings (SSSR count). The van der Waals surface area contributed by atoms with Crippen LogP contribution in [0, 0.1) is 0 Å². The van der Waals surface area contributed by atoms with Crippen LogP contribution in [-0.2, 0) is 9.53 Å². The van der Waals surface area contributed by atoms with Crippen molar-refractivity contribution in [2.45, 2.75) is 26.8 Å². The first-order valence-corrected chi connectivity index (χ1v) is 6.82. The molecule has 0 aliphatic heterocycles. The molecule has 1 N–H and O–H groups in total. The summed E-state index contributed by atoms with van der Waals surface area (Å²) < 4.78 is 15.5. The molecule has 20 heavy (non-hydrogen) atoms. The predicted octanol–water partition coefficient (Wildman–Crippen LogP) is 2.31. The van der Waals surface area contributed by atoms with E-state index in [1.807, 2.05) is 12.1 Å². The van der Waals surface area contributed by atoms with E-state index in [0.29, 0.717) is 18.1 Å². The largest absolute Gasteiger partial charge is 0.493 e. The van der Waals surface area contributed by atoms with E-state index >= 15 is 0 Å². The molecule has 1 aromatic carbocycles. The fraction of sp³-hybridized carbons (Fsp3) is 0.533. The second-order valence-electron chi connectivity index (χ2n) is 4.28. The summed E-state index contributed by atoms with van der Waals surface area (Å²) in [6, 6.07) is 5.90. The molecule has 1 aromatic rings. The molecule has 1 atom stereocenters. The van der Waals surface area contributed by atoms with Gasteiger partial charge in [0.05, 0.1) is 13.7 Å². The van der Waals surface area contributed by atoms with Crippen molar-refractivity contribution in [3.63, 3.8) is 0 Å². The van der Waals surface area contributed by atoms with Crippen LogP contribution < -0.4 is 14.8 Å². The lowest BCUT2D eigenvalue weighted by Crippen LogP contribution is -2.18. The molecule has 0 amide bonds. The zero-order valence-electron chi connectivity index (χ0n) is 12.6. The number of ether oxygens (including phenoxy) is 3. The van der Waals surface area contributed by atoms with Crippen LogP contribution in [-0.4, -0.2) is 32.8 Å². The molecule has 0 saturated carbocycles. The molecule has 0 aliphatic carbocycles. The van der Waals surface area contributed by atoms with Gasteiger partial charge in [0.15, 0.2) is 18.1 Å². The van der Waals surface area contributed by atoms with Gasteiger partial charge in [0, 0.05) is 6.04 Å². The van der Waals surface area contributed by atoms with Crippen molar-refractivity contribution in [2.24, 2.45) is 0 Å². The van der Waals surface area contributed by atoms with Crippen LogP contribution in [0.4, 0.5) is 0 Å². The zero-order chi connectivity index (χ0) is 15.0. The minimum atomic E-state index is -0.389. The molecular formula is C15H23NO4. The van der Waals surface area contributed by atoms with E-state index in [9.17, 15) is 4.79 Å². The first-order chi connectivity index (χ1) is 9.62. The van der Waals surface area contributed by atoms with Gasteiger partial charge in [0.1, 0.15) is 0 Å². The fourth-order valence-corrected chi connectivity index (χ4v) is 1.84. The Morgan fingerprint density at radius 3 is 2.65 bits per heavy atom. The van der Waals surface area contributed by atoms with Crippen LogP contribution in [0.15, 0.2) is 18.2 Å². The SMILES string of the molecule is CCNC(C)c1ccc(OCC(=O)OCC)c(OC)c1. The van der Waals surface area contributed by atoms with Gasteiger partial charge < -0.3 is 19.5 Å². The molecule has 0 aromatic heterocycles. The zero-order valence-corrected chi connectivity index (χ0v) is 12.6. The van der Waals surface area contributed by atoms with Crippen LogP contribution in [0.25, 0.3) is 0 Å². The molecule has 1 unspecified atom stereocenters. The summed E-state index contributed by atoms with van der Waals surface area (Å²) in [6.07, 6.45) is 0. The van der Waals surface area contributed by atoms with E-state index < -0.39 is 0 Å². The van der Waals surface area contributed by atoms with E-state index in [2.05, 4.69) is 19.2 Å². The Kier molecular flexibility index (Phi) is 6.87. The van der Waals surface area contributed by atoms with E-state index in [1.54, 1.807) is 20.1 Å². The Morgan fingerprint density at radius 2 is 2.05 bits per heavy atom. The summed E-state index contributed by atoms with van der Waals surface area (Å²) in [6.45, 7) is 7.02. The average Bonchev–Trinajstić information content (AvgIpc) is 2.45. The monoisotopic (exact) mass is 281 g/mol. The summed E-state index contributed by atoms with van der Waals surface area (Å²) in [5.41, 5.74) is 1.10. The fourth-order valence-electron chi connectivity index (χ4n) is 1.84. The topological polar surface area (TPSA) is 56.8 Å². The molecule has 0 fully saturated rings. The molecule has 5 nitrogen and oxygen atoms in total. The smallest absolute Gasteiger partial charge is 0.344 e. The van der Waals surface area contributed by atoms with Crippen LogP contribution in [0.2, 0.25) is 0 Å². The van der Waals surface area contributed by atoms with Crippen molar-refractivity contribution in [1.82, 2.24) is 5.32 Å². The van der Waals surface area contributed by atoms with Gasteiger partial charge in [-0.1, -0.05) is 13.0 Å². The van der Waals surface area contributed by atoms with E-state index in [-0.39, 0.29) is 18.6 Å². The number of esters is 1. The highest BCUT2D eigenvalue weighted by Gasteiger charge is 2.11. The molecule has 0 radical (unpaired) electrons. The summed E-state index contributed by atoms with van der Waals surface area (Å²) in [5, 5.41) is 3.33. The molecule has 0 spiro atoms. The summed E-state index contributed by atoms with van der Waals surface area (Å²) in [5.74, 6) is 0.754. The highest BCUT2D eigenvalue weighted by molar-refractivity contribution is 5.71. The number of benzene rings is 1. The normalized spacial score (nSPS) is 11.8. The Morgan fingerprint density at radius 1 is 1.30 bits per heavy atom. The van der Waals surface area contributed by atoms with Crippen LogP contribution >= 0.6 is 0 Å². The lowest BCUT2D eigenvalue weighted by atomic mass is 10.1. The number of hydrogen-bond donors (Lipinski definition) is 1. The minimum Gasteiger partial charge on any atom is -0.493 e. The molecule has 0 bridgehead atoms. The van der Waals surface area contributed by atoms with Crippen molar-refractivity contribution in [3.8, 4) is 11.5 Å². The van der Waals surface area contributed by atoms with Crippen LogP contribution in [0.1, 0.15) is 32.4 Å². The number of hydrogen-bond acceptors (Lipinski definition) is 5. The van der Waals surface area contributed by atoms with Gasteiger partial charge in [0.25, 0.3) is 0 Å². The quantitative estimate of drug-likeness (QED) is 0.741. The minimum absolute atomic E-state index is 0.119. The number of rotatable bonds is 8. The van der Waals surface area contributed by atoms with E-state index in [0.717, 1.165) is 12.1 Å². The maximum atomic E-state index is 11.3. The summed E-state index contributed by atoms with van der Waals surface area (Å²) in [7, 11) is 1.58. The lowest BCUT2D eigenvalue weighted by Gasteiger charge is -2.16. The van der Waals surface area contributed by atoms with Crippen molar-refractivity contribution in [3.05, 3.63) is 23.8 Å². The number of methoxy groups -OCH3 is 1. The third-order valence-corrected chi connectivity index (χ3v) is 2.85. The van der Waals surface area contributed by atoms with Gasteiger partial charge in [-0.3, -0.25) is 0 Å². The van der Waals surface area contributed by atoms with Gasteiger partial charge in [-0.05, 0) is 38.1 Å². The summed E-state index contributed by atoms with van der Waals surface area (Å²) in [4.78, 5) is 11.3. The van der Waals surface area contributed by atoms with E-state index in [1.165, 1.54) is 0 Å². The molecule has 5 heteroatoms. The Balaban J connectivity index is 2.75. The number of carbonyl (C=O) groups excluding carboxylic acids is 1. The van der Waals surface area contributed by atoms with Crippen LogP contribution in [0.3, 0.4) is 0 Å². The number of carbonyl (C=O) groups is 1. The first kappa shape index (κ1) is 16.3. The predicted molar refractivity (Wildman–Crippen MR) is 77.2 cm³/mol.